The van der Waals surface area contributed by atoms with Crippen LogP contribution in [0.25, 0.3) is 0 Å². The fourth-order valence-electron chi connectivity index (χ4n) is 3.78. The summed E-state index contributed by atoms with van der Waals surface area (Å²) in [4.78, 5) is 14.4. The number of piperidine rings is 1. The lowest BCUT2D eigenvalue weighted by molar-refractivity contribution is -0.911. The highest BCUT2D eigenvalue weighted by Crippen LogP contribution is 2.26. The first-order valence-corrected chi connectivity index (χ1v) is 9.34. The Morgan fingerprint density at radius 2 is 1.62 bits per heavy atom. The van der Waals surface area contributed by atoms with E-state index in [1.807, 2.05) is 60.7 Å². The number of ether oxygens (including phenoxy) is 1. The van der Waals surface area contributed by atoms with Crippen LogP contribution >= 0.6 is 0 Å². The topological polar surface area (TPSA) is 30.7 Å². The van der Waals surface area contributed by atoms with Gasteiger partial charge in [0.1, 0.15) is 5.92 Å². The van der Waals surface area contributed by atoms with Crippen molar-refractivity contribution in [2.24, 2.45) is 0 Å². The summed E-state index contributed by atoms with van der Waals surface area (Å²) in [7, 11) is 2.25. The molecule has 26 heavy (non-hydrogen) atoms. The van der Waals surface area contributed by atoms with E-state index >= 15 is 0 Å². The average molecular weight is 374 g/mol. The number of esters is 1. The third-order valence-corrected chi connectivity index (χ3v) is 5.28. The van der Waals surface area contributed by atoms with Crippen LogP contribution in [0.15, 0.2) is 60.7 Å². The molecule has 1 saturated heterocycles. The van der Waals surface area contributed by atoms with Gasteiger partial charge in [-0.3, -0.25) is 4.79 Å². The molecule has 0 amide bonds. The maximum atomic E-state index is 12.8. The lowest BCUT2D eigenvalue weighted by Gasteiger charge is -2.29. The standard InChI is InChI=1S/C22H27NO2.ClH/c1-23-16-9-8-14-20(23)15-17-25-22(24)21(18-10-4-2-5-11-18)19-12-6-3-7-13-19;/h2-7,10-13,20-21H,8-9,14-17H2,1H3;1H. The van der Waals surface area contributed by atoms with Crippen molar-refractivity contribution in [1.29, 1.82) is 0 Å². The van der Waals surface area contributed by atoms with Crippen LogP contribution in [0.2, 0.25) is 0 Å². The van der Waals surface area contributed by atoms with Crippen molar-refractivity contribution in [3.63, 3.8) is 0 Å². The Labute approximate surface area is 162 Å². The molecule has 2 aromatic carbocycles. The van der Waals surface area contributed by atoms with E-state index in [1.54, 1.807) is 4.90 Å². The number of halogens is 1. The summed E-state index contributed by atoms with van der Waals surface area (Å²) in [5, 5.41) is 0. The lowest BCUT2D eigenvalue weighted by atomic mass is 9.91. The number of nitrogens with one attached hydrogen (secondary N) is 1. The molecule has 0 radical (unpaired) electrons. The molecule has 140 valence electrons. The Balaban J connectivity index is 0.00000243. The Morgan fingerprint density at radius 1 is 1.04 bits per heavy atom. The van der Waals surface area contributed by atoms with E-state index in [1.165, 1.54) is 25.8 Å². The molecule has 2 unspecified atom stereocenters. The van der Waals surface area contributed by atoms with E-state index in [0.29, 0.717) is 12.6 Å². The van der Waals surface area contributed by atoms with E-state index in [4.69, 9.17) is 4.74 Å². The van der Waals surface area contributed by atoms with E-state index in [-0.39, 0.29) is 24.3 Å². The molecule has 1 aliphatic rings. The molecule has 1 fully saturated rings. The highest BCUT2D eigenvalue weighted by Gasteiger charge is 2.26. The zero-order valence-corrected chi connectivity index (χ0v) is 16.1. The van der Waals surface area contributed by atoms with E-state index in [0.717, 1.165) is 17.5 Å². The third-order valence-electron chi connectivity index (χ3n) is 5.28. The van der Waals surface area contributed by atoms with Crippen LogP contribution in [0.4, 0.5) is 0 Å². The number of hydrogen-bond acceptors (Lipinski definition) is 2. The maximum absolute atomic E-state index is 12.8. The van der Waals surface area contributed by atoms with Gasteiger partial charge in [0, 0.05) is 6.42 Å². The number of hydrogen-bond donors (Lipinski definition) is 1. The first kappa shape index (κ1) is 20.5. The Bertz CT molecular complexity index is 623. The Kier molecular flexibility index (Phi) is 8.14. The number of quaternary nitrogens is 1. The van der Waals surface area contributed by atoms with Crippen molar-refractivity contribution in [2.45, 2.75) is 37.6 Å². The molecule has 2 atom stereocenters. The quantitative estimate of drug-likeness (QED) is 0.712. The number of carbonyl (C=O) groups excluding carboxylic acids is 1. The lowest BCUT2D eigenvalue weighted by Crippen LogP contribution is -3.13. The van der Waals surface area contributed by atoms with Crippen molar-refractivity contribution in [3.05, 3.63) is 71.8 Å². The van der Waals surface area contributed by atoms with E-state index in [9.17, 15) is 4.79 Å². The van der Waals surface area contributed by atoms with Gasteiger partial charge in [-0.25, -0.2) is 0 Å². The monoisotopic (exact) mass is 373 g/mol. The summed E-state index contributed by atoms with van der Waals surface area (Å²) in [6, 6.07) is 20.4. The zero-order valence-electron chi connectivity index (χ0n) is 15.4. The van der Waals surface area contributed by atoms with Crippen LogP contribution in [-0.4, -0.2) is 32.2 Å². The van der Waals surface area contributed by atoms with Crippen molar-refractivity contribution < 1.29 is 26.8 Å². The van der Waals surface area contributed by atoms with E-state index < -0.39 is 0 Å². The van der Waals surface area contributed by atoms with Gasteiger partial charge in [-0.05, 0) is 30.4 Å². The molecule has 0 aromatic heterocycles. The molecule has 3 rings (SSSR count). The molecule has 0 aliphatic carbocycles. The number of likely N-dealkylation sites (tertiary alicyclic amines) is 1. The van der Waals surface area contributed by atoms with Crippen LogP contribution < -0.4 is 17.3 Å². The molecule has 2 aromatic rings. The van der Waals surface area contributed by atoms with Gasteiger partial charge in [-0.1, -0.05) is 60.7 Å². The second-order valence-electron chi connectivity index (χ2n) is 7.00. The molecule has 0 spiro atoms. The van der Waals surface area contributed by atoms with Crippen LogP contribution in [0.3, 0.4) is 0 Å². The molecule has 0 bridgehead atoms. The van der Waals surface area contributed by atoms with Crippen LogP contribution in [0.5, 0.6) is 0 Å². The molecular formula is C22H28ClNO2. The third kappa shape index (κ3) is 5.33. The second-order valence-corrected chi connectivity index (χ2v) is 7.00. The minimum Gasteiger partial charge on any atom is -1.00 e. The van der Waals surface area contributed by atoms with Crippen LogP contribution in [0, 0.1) is 0 Å². The molecular weight excluding hydrogens is 346 g/mol. The van der Waals surface area contributed by atoms with Crippen molar-refractivity contribution in [3.8, 4) is 0 Å². The largest absolute Gasteiger partial charge is 1.00 e. The normalized spacial score (nSPS) is 19.6. The summed E-state index contributed by atoms with van der Waals surface area (Å²) in [6.45, 7) is 1.74. The fraction of sp³-hybridized carbons (Fsp3) is 0.409. The highest BCUT2D eigenvalue weighted by molar-refractivity contribution is 5.82. The minimum atomic E-state index is -0.348. The first-order valence-electron chi connectivity index (χ1n) is 9.34. The van der Waals surface area contributed by atoms with Gasteiger partial charge < -0.3 is 22.0 Å². The van der Waals surface area contributed by atoms with Crippen LogP contribution in [0.1, 0.15) is 42.7 Å². The molecule has 4 heteroatoms. The van der Waals surface area contributed by atoms with Gasteiger partial charge in [0.2, 0.25) is 0 Å². The molecule has 3 nitrogen and oxygen atoms in total. The minimum absolute atomic E-state index is 0. The van der Waals surface area contributed by atoms with Gasteiger partial charge in [0.05, 0.1) is 26.2 Å². The summed E-state index contributed by atoms with van der Waals surface area (Å²) in [5.74, 6) is -0.496. The van der Waals surface area contributed by atoms with Crippen molar-refractivity contribution >= 4 is 5.97 Å². The molecule has 1 aliphatic heterocycles. The van der Waals surface area contributed by atoms with Gasteiger partial charge >= 0.3 is 5.97 Å². The molecule has 0 saturated carbocycles. The van der Waals surface area contributed by atoms with E-state index in [2.05, 4.69) is 7.05 Å². The fourth-order valence-corrected chi connectivity index (χ4v) is 3.78. The summed E-state index contributed by atoms with van der Waals surface area (Å²) < 4.78 is 5.71. The smallest absolute Gasteiger partial charge is 0.317 e. The highest BCUT2D eigenvalue weighted by atomic mass is 35.5. The van der Waals surface area contributed by atoms with Crippen molar-refractivity contribution in [1.82, 2.24) is 0 Å². The van der Waals surface area contributed by atoms with Crippen LogP contribution in [-0.2, 0) is 9.53 Å². The second kappa shape index (κ2) is 10.3. The predicted octanol–water partition coefficient (Wildman–Crippen LogP) is -0.177. The maximum Gasteiger partial charge on any atom is 0.317 e. The average Bonchev–Trinajstić information content (AvgIpc) is 2.65. The Hall–Kier alpha value is -1.84. The van der Waals surface area contributed by atoms with Gasteiger partial charge in [0.25, 0.3) is 0 Å². The van der Waals surface area contributed by atoms with Crippen molar-refractivity contribution in [2.75, 3.05) is 20.2 Å². The van der Waals surface area contributed by atoms with Gasteiger partial charge in [-0.2, -0.15) is 0 Å². The molecule has 1 heterocycles. The molecule has 1 N–H and O–H groups in total. The number of rotatable bonds is 6. The SMILES string of the molecule is C[NH+]1CCCCC1CCOC(=O)C(c1ccccc1)c1ccccc1.[Cl-]. The Morgan fingerprint density at radius 3 is 2.15 bits per heavy atom. The first-order chi connectivity index (χ1) is 12.3. The zero-order chi connectivity index (χ0) is 17.5. The summed E-state index contributed by atoms with van der Waals surface area (Å²) in [5.41, 5.74) is 1.97. The number of benzene rings is 2. The predicted molar refractivity (Wildman–Crippen MR) is 99.7 cm³/mol. The summed E-state index contributed by atoms with van der Waals surface area (Å²) >= 11 is 0. The number of carbonyl (C=O) groups is 1. The van der Waals surface area contributed by atoms with Gasteiger partial charge in [0.15, 0.2) is 0 Å². The van der Waals surface area contributed by atoms with Gasteiger partial charge in [-0.15, -0.1) is 0 Å². The summed E-state index contributed by atoms with van der Waals surface area (Å²) in [6.07, 6.45) is 4.80.